The molecule has 0 rings (SSSR count). The SMILES string of the molecule is CCCCCCCCCCOC(=O)/C(C)=C/N(C)C. The quantitative estimate of drug-likeness (QED) is 0.321. The van der Waals surface area contributed by atoms with Crippen molar-refractivity contribution in [2.24, 2.45) is 0 Å². The van der Waals surface area contributed by atoms with E-state index in [0.717, 1.165) is 12.8 Å². The largest absolute Gasteiger partial charge is 0.462 e. The number of unbranched alkanes of at least 4 members (excludes halogenated alkanes) is 7. The number of ether oxygens (including phenoxy) is 1. The third-order valence-electron chi connectivity index (χ3n) is 3.00. The van der Waals surface area contributed by atoms with Crippen LogP contribution in [0.2, 0.25) is 0 Å². The number of carbonyl (C=O) groups is 1. The van der Waals surface area contributed by atoms with Crippen LogP contribution in [0, 0.1) is 0 Å². The highest BCUT2D eigenvalue weighted by Gasteiger charge is 2.05. The minimum absolute atomic E-state index is 0.198. The average Bonchev–Trinajstić information content (AvgIpc) is 2.35. The summed E-state index contributed by atoms with van der Waals surface area (Å²) in [6.07, 6.45) is 11.9. The van der Waals surface area contributed by atoms with Gasteiger partial charge in [0.1, 0.15) is 0 Å². The van der Waals surface area contributed by atoms with Gasteiger partial charge in [0.05, 0.1) is 6.61 Å². The Kier molecular flexibility index (Phi) is 11.4. The summed E-state index contributed by atoms with van der Waals surface area (Å²) in [7, 11) is 3.80. The van der Waals surface area contributed by atoms with Crippen LogP contribution in [0.4, 0.5) is 0 Å². The Hall–Kier alpha value is -0.990. The van der Waals surface area contributed by atoms with Crippen LogP contribution >= 0.6 is 0 Å². The fourth-order valence-electron chi connectivity index (χ4n) is 1.95. The predicted molar refractivity (Wildman–Crippen MR) is 81.0 cm³/mol. The smallest absolute Gasteiger partial charge is 0.335 e. The van der Waals surface area contributed by atoms with E-state index in [1.807, 2.05) is 19.0 Å². The summed E-state index contributed by atoms with van der Waals surface area (Å²) in [5, 5.41) is 0. The van der Waals surface area contributed by atoms with Gasteiger partial charge in [-0.1, -0.05) is 51.9 Å². The lowest BCUT2D eigenvalue weighted by molar-refractivity contribution is -0.139. The van der Waals surface area contributed by atoms with Gasteiger partial charge in [-0.25, -0.2) is 4.79 Å². The molecule has 3 nitrogen and oxygen atoms in total. The summed E-state index contributed by atoms with van der Waals surface area (Å²) in [6, 6.07) is 0. The van der Waals surface area contributed by atoms with Crippen molar-refractivity contribution in [3.05, 3.63) is 11.8 Å². The minimum Gasteiger partial charge on any atom is -0.462 e. The van der Waals surface area contributed by atoms with E-state index in [2.05, 4.69) is 6.92 Å². The van der Waals surface area contributed by atoms with Crippen LogP contribution in [0.25, 0.3) is 0 Å². The number of rotatable bonds is 11. The van der Waals surface area contributed by atoms with E-state index in [4.69, 9.17) is 4.74 Å². The van der Waals surface area contributed by atoms with Gasteiger partial charge in [0.15, 0.2) is 0 Å². The molecule has 0 atom stereocenters. The van der Waals surface area contributed by atoms with Crippen LogP contribution in [-0.2, 0) is 9.53 Å². The Labute approximate surface area is 119 Å². The summed E-state index contributed by atoms with van der Waals surface area (Å²) < 4.78 is 5.22. The van der Waals surface area contributed by atoms with E-state index in [1.165, 1.54) is 38.5 Å². The molecule has 3 heteroatoms. The molecule has 0 aromatic heterocycles. The van der Waals surface area contributed by atoms with Gasteiger partial charge < -0.3 is 9.64 Å². The molecule has 0 saturated heterocycles. The van der Waals surface area contributed by atoms with Gasteiger partial charge in [-0.2, -0.15) is 0 Å². The molecule has 0 aromatic carbocycles. The Morgan fingerprint density at radius 2 is 1.53 bits per heavy atom. The first kappa shape index (κ1) is 18.0. The highest BCUT2D eigenvalue weighted by Crippen LogP contribution is 2.08. The molecule has 0 N–H and O–H groups in total. The average molecular weight is 269 g/mol. The molecule has 112 valence electrons. The number of nitrogens with zero attached hydrogens (tertiary/aromatic N) is 1. The van der Waals surface area contributed by atoms with E-state index in [-0.39, 0.29) is 5.97 Å². The second-order valence-corrected chi connectivity index (χ2v) is 5.39. The normalized spacial score (nSPS) is 11.5. The molecule has 0 spiro atoms. The van der Waals surface area contributed by atoms with E-state index >= 15 is 0 Å². The minimum atomic E-state index is -0.198. The molecule has 0 radical (unpaired) electrons. The molecule has 0 aliphatic heterocycles. The van der Waals surface area contributed by atoms with Gasteiger partial charge >= 0.3 is 5.97 Å². The van der Waals surface area contributed by atoms with Crippen LogP contribution in [0.15, 0.2) is 11.8 Å². The Morgan fingerprint density at radius 1 is 1.00 bits per heavy atom. The van der Waals surface area contributed by atoms with Crippen molar-refractivity contribution in [1.29, 1.82) is 0 Å². The monoisotopic (exact) mass is 269 g/mol. The van der Waals surface area contributed by atoms with Crippen molar-refractivity contribution in [1.82, 2.24) is 4.90 Å². The number of carbonyl (C=O) groups excluding carboxylic acids is 1. The predicted octanol–water partition coefficient (Wildman–Crippen LogP) is 4.14. The molecule has 0 aromatic rings. The van der Waals surface area contributed by atoms with E-state index in [1.54, 1.807) is 13.1 Å². The molecule has 0 aliphatic rings. The summed E-state index contributed by atoms with van der Waals surface area (Å²) >= 11 is 0. The first-order chi connectivity index (χ1) is 9.07. The van der Waals surface area contributed by atoms with Crippen molar-refractivity contribution >= 4 is 5.97 Å². The maximum absolute atomic E-state index is 11.6. The highest BCUT2D eigenvalue weighted by molar-refractivity contribution is 5.87. The van der Waals surface area contributed by atoms with E-state index in [9.17, 15) is 4.79 Å². The molecule has 0 amide bonds. The second kappa shape index (κ2) is 12.1. The van der Waals surface area contributed by atoms with Crippen molar-refractivity contribution in [3.63, 3.8) is 0 Å². The zero-order valence-corrected chi connectivity index (χ0v) is 13.2. The lowest BCUT2D eigenvalue weighted by Gasteiger charge is -2.08. The fourth-order valence-corrected chi connectivity index (χ4v) is 1.95. The third-order valence-corrected chi connectivity index (χ3v) is 3.00. The van der Waals surface area contributed by atoms with Gasteiger partial charge in [-0.3, -0.25) is 0 Å². The molecule has 0 fully saturated rings. The molecule has 0 aliphatic carbocycles. The number of esters is 1. The third kappa shape index (κ3) is 11.8. The first-order valence-electron chi connectivity index (χ1n) is 7.60. The van der Waals surface area contributed by atoms with Crippen LogP contribution in [0.1, 0.15) is 65.2 Å². The molecule has 19 heavy (non-hydrogen) atoms. The molecule has 0 bridgehead atoms. The van der Waals surface area contributed by atoms with Crippen LogP contribution in [0.5, 0.6) is 0 Å². The summed E-state index contributed by atoms with van der Waals surface area (Å²) in [5.74, 6) is -0.198. The summed E-state index contributed by atoms with van der Waals surface area (Å²) in [4.78, 5) is 13.4. The van der Waals surface area contributed by atoms with Gasteiger partial charge in [-0.05, 0) is 13.3 Å². The summed E-state index contributed by atoms with van der Waals surface area (Å²) in [5.41, 5.74) is 0.657. The van der Waals surface area contributed by atoms with Crippen LogP contribution in [0.3, 0.4) is 0 Å². The second-order valence-electron chi connectivity index (χ2n) is 5.39. The van der Waals surface area contributed by atoms with Gasteiger partial charge in [0.2, 0.25) is 0 Å². The van der Waals surface area contributed by atoms with Gasteiger partial charge in [0.25, 0.3) is 0 Å². The molecule has 0 unspecified atom stereocenters. The first-order valence-corrected chi connectivity index (χ1v) is 7.60. The molecule has 0 heterocycles. The lowest BCUT2D eigenvalue weighted by atomic mass is 10.1. The van der Waals surface area contributed by atoms with Crippen molar-refractivity contribution in [2.45, 2.75) is 65.2 Å². The lowest BCUT2D eigenvalue weighted by Crippen LogP contribution is -2.11. The molecular weight excluding hydrogens is 238 g/mol. The van der Waals surface area contributed by atoms with E-state index in [0.29, 0.717) is 12.2 Å². The van der Waals surface area contributed by atoms with Gasteiger partial charge in [0, 0.05) is 25.9 Å². The van der Waals surface area contributed by atoms with Crippen molar-refractivity contribution in [3.8, 4) is 0 Å². The number of hydrogen-bond donors (Lipinski definition) is 0. The van der Waals surface area contributed by atoms with Crippen LogP contribution < -0.4 is 0 Å². The highest BCUT2D eigenvalue weighted by atomic mass is 16.5. The van der Waals surface area contributed by atoms with Gasteiger partial charge in [-0.15, -0.1) is 0 Å². The Bertz CT molecular complexity index is 259. The standard InChI is InChI=1S/C16H31NO2/c1-5-6-7-8-9-10-11-12-13-19-16(18)15(2)14-17(3)4/h14H,5-13H2,1-4H3/b15-14+. The maximum atomic E-state index is 11.6. The Balaban J connectivity index is 3.42. The Morgan fingerprint density at radius 3 is 2.05 bits per heavy atom. The zero-order chi connectivity index (χ0) is 14.5. The van der Waals surface area contributed by atoms with Crippen molar-refractivity contribution in [2.75, 3.05) is 20.7 Å². The molecule has 0 saturated carbocycles. The maximum Gasteiger partial charge on any atom is 0.335 e. The summed E-state index contributed by atoms with van der Waals surface area (Å²) in [6.45, 7) is 4.57. The topological polar surface area (TPSA) is 29.5 Å². The zero-order valence-electron chi connectivity index (χ0n) is 13.2. The fraction of sp³-hybridized carbons (Fsp3) is 0.812. The van der Waals surface area contributed by atoms with Crippen LogP contribution in [-0.4, -0.2) is 31.6 Å². The number of hydrogen-bond acceptors (Lipinski definition) is 3. The van der Waals surface area contributed by atoms with Crippen molar-refractivity contribution < 1.29 is 9.53 Å². The van der Waals surface area contributed by atoms with E-state index < -0.39 is 0 Å². The molecular formula is C16H31NO2.